The third-order valence-corrected chi connectivity index (χ3v) is 4.46. The quantitative estimate of drug-likeness (QED) is 0.720. The zero-order valence-electron chi connectivity index (χ0n) is 13.7. The first-order chi connectivity index (χ1) is 12.2. The highest BCUT2D eigenvalue weighted by Crippen LogP contribution is 2.18. The van der Waals surface area contributed by atoms with Gasteiger partial charge in [-0.15, -0.1) is 0 Å². The lowest BCUT2D eigenvalue weighted by molar-refractivity contribution is 0.0791. The van der Waals surface area contributed by atoms with Crippen LogP contribution in [0.15, 0.2) is 54.7 Å². The molecule has 6 nitrogen and oxygen atoms in total. The second-order valence-corrected chi connectivity index (χ2v) is 6.26. The number of carbonyl (C=O) groups excluding carboxylic acids is 1. The van der Waals surface area contributed by atoms with Crippen molar-refractivity contribution in [2.75, 3.05) is 24.1 Å². The highest BCUT2D eigenvalue weighted by Gasteiger charge is 2.27. The number of aromatic nitrogens is 2. The minimum absolute atomic E-state index is 0.0312. The number of nitrogens with one attached hydrogen (secondary N) is 1. The van der Waals surface area contributed by atoms with E-state index in [1.165, 1.54) is 0 Å². The molecule has 1 aromatic heterocycles. The van der Waals surface area contributed by atoms with Gasteiger partial charge in [-0.25, -0.2) is 9.97 Å². The normalized spacial score (nSPS) is 17.0. The molecule has 1 aliphatic rings. The SMILES string of the molecule is Nc1ccc(C(=O)N2CC[C@H](Nc3ncc4ccccc4n3)C2)cc1. The molecule has 126 valence electrons. The molecule has 1 fully saturated rings. The molecule has 25 heavy (non-hydrogen) atoms. The van der Waals surface area contributed by atoms with Gasteiger partial charge in [0.25, 0.3) is 5.91 Å². The van der Waals surface area contributed by atoms with E-state index in [9.17, 15) is 4.79 Å². The summed E-state index contributed by atoms with van der Waals surface area (Å²) in [5.41, 5.74) is 7.91. The van der Waals surface area contributed by atoms with Crippen molar-refractivity contribution in [3.05, 3.63) is 60.3 Å². The summed E-state index contributed by atoms with van der Waals surface area (Å²) in [5.74, 6) is 0.634. The summed E-state index contributed by atoms with van der Waals surface area (Å²) in [5, 5.41) is 4.36. The molecule has 6 heteroatoms. The van der Waals surface area contributed by atoms with Crippen LogP contribution in [0.3, 0.4) is 0 Å². The van der Waals surface area contributed by atoms with Crippen molar-refractivity contribution in [2.45, 2.75) is 12.5 Å². The summed E-state index contributed by atoms with van der Waals surface area (Å²) < 4.78 is 0. The Hall–Kier alpha value is -3.15. The third kappa shape index (κ3) is 3.24. The van der Waals surface area contributed by atoms with E-state index in [4.69, 9.17) is 5.73 Å². The Kier molecular flexibility index (Phi) is 3.93. The molecule has 4 rings (SSSR count). The van der Waals surface area contributed by atoms with Gasteiger partial charge in [-0.2, -0.15) is 0 Å². The molecule has 0 saturated carbocycles. The molecule has 3 N–H and O–H groups in total. The number of hydrogen-bond acceptors (Lipinski definition) is 5. The molecule has 0 spiro atoms. The molecule has 0 bridgehead atoms. The number of rotatable bonds is 3. The molecule has 0 radical (unpaired) electrons. The summed E-state index contributed by atoms with van der Waals surface area (Å²) in [6.45, 7) is 1.36. The van der Waals surface area contributed by atoms with Crippen LogP contribution in [0.25, 0.3) is 10.9 Å². The zero-order chi connectivity index (χ0) is 17.2. The molecular formula is C19H19N5O. The van der Waals surface area contributed by atoms with E-state index >= 15 is 0 Å². The summed E-state index contributed by atoms with van der Waals surface area (Å²) in [6, 6.07) is 15.1. The average Bonchev–Trinajstić information content (AvgIpc) is 3.10. The van der Waals surface area contributed by atoms with Crippen molar-refractivity contribution < 1.29 is 4.79 Å². The van der Waals surface area contributed by atoms with Crippen molar-refractivity contribution >= 4 is 28.4 Å². The Morgan fingerprint density at radius 3 is 2.80 bits per heavy atom. The first kappa shape index (κ1) is 15.4. The van der Waals surface area contributed by atoms with Crippen molar-refractivity contribution in [2.24, 2.45) is 0 Å². The second kappa shape index (κ2) is 6.39. The van der Waals surface area contributed by atoms with Gasteiger partial charge >= 0.3 is 0 Å². The van der Waals surface area contributed by atoms with Crippen LogP contribution in [-0.4, -0.2) is 39.9 Å². The van der Waals surface area contributed by atoms with E-state index in [1.807, 2.05) is 35.4 Å². The van der Waals surface area contributed by atoms with Gasteiger partial charge in [0.15, 0.2) is 0 Å². The number of hydrogen-bond donors (Lipinski definition) is 2. The lowest BCUT2D eigenvalue weighted by Crippen LogP contribution is -2.31. The standard InChI is InChI=1S/C19H19N5O/c20-15-7-5-13(6-8-15)18(25)24-10-9-16(12-24)22-19-21-11-14-3-1-2-4-17(14)23-19/h1-8,11,16H,9-10,12,20H2,(H,21,22,23)/t16-/m0/s1. The van der Waals surface area contributed by atoms with Gasteiger partial charge < -0.3 is 16.0 Å². The van der Waals surface area contributed by atoms with Crippen LogP contribution in [0, 0.1) is 0 Å². The van der Waals surface area contributed by atoms with E-state index in [1.54, 1.807) is 24.3 Å². The maximum absolute atomic E-state index is 12.6. The summed E-state index contributed by atoms with van der Waals surface area (Å²) in [4.78, 5) is 23.3. The van der Waals surface area contributed by atoms with Gasteiger partial charge in [0.05, 0.1) is 5.52 Å². The van der Waals surface area contributed by atoms with Crippen LogP contribution in [0.1, 0.15) is 16.8 Å². The van der Waals surface area contributed by atoms with Gasteiger partial charge in [0.2, 0.25) is 5.95 Å². The molecule has 1 aliphatic heterocycles. The minimum Gasteiger partial charge on any atom is -0.399 e. The van der Waals surface area contributed by atoms with E-state index in [-0.39, 0.29) is 11.9 Å². The topological polar surface area (TPSA) is 84.1 Å². The number of anilines is 2. The fourth-order valence-electron chi connectivity index (χ4n) is 3.10. The van der Waals surface area contributed by atoms with Crippen LogP contribution in [0.4, 0.5) is 11.6 Å². The molecule has 0 aliphatic carbocycles. The fourth-order valence-corrected chi connectivity index (χ4v) is 3.10. The van der Waals surface area contributed by atoms with E-state index < -0.39 is 0 Å². The number of fused-ring (bicyclic) bond motifs is 1. The predicted molar refractivity (Wildman–Crippen MR) is 98.3 cm³/mol. The maximum atomic E-state index is 12.6. The number of benzene rings is 2. The van der Waals surface area contributed by atoms with Gasteiger partial charge in [-0.1, -0.05) is 18.2 Å². The fraction of sp³-hybridized carbons (Fsp3) is 0.211. The Morgan fingerprint density at radius 1 is 1.16 bits per heavy atom. The first-order valence-electron chi connectivity index (χ1n) is 8.32. The molecule has 1 atom stereocenters. The van der Waals surface area contributed by atoms with E-state index in [0.29, 0.717) is 30.3 Å². The summed E-state index contributed by atoms with van der Waals surface area (Å²) in [6.07, 6.45) is 2.69. The van der Waals surface area contributed by atoms with Crippen LogP contribution in [0.2, 0.25) is 0 Å². The Bertz CT molecular complexity index is 909. The lowest BCUT2D eigenvalue weighted by atomic mass is 10.2. The second-order valence-electron chi connectivity index (χ2n) is 6.26. The van der Waals surface area contributed by atoms with Crippen molar-refractivity contribution in [1.29, 1.82) is 0 Å². The Balaban J connectivity index is 1.43. The molecule has 1 amide bonds. The largest absolute Gasteiger partial charge is 0.399 e. The number of nitrogens with zero attached hydrogens (tertiary/aromatic N) is 3. The highest BCUT2D eigenvalue weighted by molar-refractivity contribution is 5.94. The van der Waals surface area contributed by atoms with E-state index in [2.05, 4.69) is 15.3 Å². The van der Waals surface area contributed by atoms with Gasteiger partial charge in [-0.3, -0.25) is 4.79 Å². The monoisotopic (exact) mass is 333 g/mol. The predicted octanol–water partition coefficient (Wildman–Crippen LogP) is 2.54. The maximum Gasteiger partial charge on any atom is 0.253 e. The van der Waals surface area contributed by atoms with Crippen molar-refractivity contribution in [3.8, 4) is 0 Å². The molecule has 1 saturated heterocycles. The van der Waals surface area contributed by atoms with Gasteiger partial charge in [0.1, 0.15) is 0 Å². The summed E-state index contributed by atoms with van der Waals surface area (Å²) >= 11 is 0. The van der Waals surface area contributed by atoms with Crippen molar-refractivity contribution in [3.63, 3.8) is 0 Å². The van der Waals surface area contributed by atoms with Crippen LogP contribution in [-0.2, 0) is 0 Å². The lowest BCUT2D eigenvalue weighted by Gasteiger charge is -2.17. The molecule has 2 aromatic carbocycles. The highest BCUT2D eigenvalue weighted by atomic mass is 16.2. The van der Waals surface area contributed by atoms with Crippen LogP contribution < -0.4 is 11.1 Å². The Morgan fingerprint density at radius 2 is 1.96 bits per heavy atom. The average molecular weight is 333 g/mol. The summed E-state index contributed by atoms with van der Waals surface area (Å²) in [7, 11) is 0. The van der Waals surface area contributed by atoms with E-state index in [0.717, 1.165) is 17.3 Å². The van der Waals surface area contributed by atoms with Crippen molar-refractivity contribution in [1.82, 2.24) is 14.9 Å². The number of amides is 1. The third-order valence-electron chi connectivity index (χ3n) is 4.46. The number of nitrogens with two attached hydrogens (primary N) is 1. The van der Waals surface area contributed by atoms with Crippen LogP contribution >= 0.6 is 0 Å². The first-order valence-corrected chi connectivity index (χ1v) is 8.32. The zero-order valence-corrected chi connectivity index (χ0v) is 13.7. The smallest absolute Gasteiger partial charge is 0.253 e. The number of carbonyl (C=O) groups is 1. The minimum atomic E-state index is 0.0312. The van der Waals surface area contributed by atoms with Gasteiger partial charge in [0, 0.05) is 42.0 Å². The van der Waals surface area contributed by atoms with Gasteiger partial charge in [-0.05, 0) is 36.8 Å². The number of para-hydroxylation sites is 1. The number of nitrogen functional groups attached to an aromatic ring is 1. The molecular weight excluding hydrogens is 314 g/mol. The Labute approximate surface area is 145 Å². The molecule has 3 aromatic rings. The van der Waals surface area contributed by atoms with Crippen LogP contribution in [0.5, 0.6) is 0 Å². The molecule has 2 heterocycles. The number of likely N-dealkylation sites (tertiary alicyclic amines) is 1. The molecule has 0 unspecified atom stereocenters.